The summed E-state index contributed by atoms with van der Waals surface area (Å²) in [4.78, 5) is 0. The quantitative estimate of drug-likeness (QED) is 0.441. The van der Waals surface area contributed by atoms with Gasteiger partial charge in [0.1, 0.15) is 0 Å². The Hall–Kier alpha value is -0.260. The molecule has 7 atom stereocenters. The first-order valence-corrected chi connectivity index (χ1v) is 9.98. The van der Waals surface area contributed by atoms with E-state index in [0.29, 0.717) is 16.2 Å². The molecule has 0 bridgehead atoms. The summed E-state index contributed by atoms with van der Waals surface area (Å²) in [6.45, 7) is 14.9. The molecule has 4 rings (SSSR count). The van der Waals surface area contributed by atoms with Crippen LogP contribution < -0.4 is 0 Å². The van der Waals surface area contributed by atoms with E-state index in [0.717, 1.165) is 23.7 Å². The van der Waals surface area contributed by atoms with Crippen LogP contribution in [0.1, 0.15) is 85.5 Å². The summed E-state index contributed by atoms with van der Waals surface area (Å²) in [7, 11) is 0. The lowest BCUT2D eigenvalue weighted by molar-refractivity contribution is -0.152. The van der Waals surface area contributed by atoms with Crippen molar-refractivity contribution in [3.8, 4) is 0 Å². The zero-order chi connectivity index (χ0) is 15.8. The molecular weight excluding hydrogens is 264 g/mol. The first-order chi connectivity index (χ1) is 10.3. The summed E-state index contributed by atoms with van der Waals surface area (Å²) in [5.74, 6) is 3.92. The Morgan fingerprint density at radius 1 is 0.909 bits per heavy atom. The van der Waals surface area contributed by atoms with Crippen LogP contribution in [0.2, 0.25) is 0 Å². The first kappa shape index (κ1) is 15.3. The van der Waals surface area contributed by atoms with E-state index < -0.39 is 0 Å². The molecule has 0 nitrogen and oxygen atoms in total. The summed E-state index contributed by atoms with van der Waals surface area (Å²) in [5, 5.41) is 0. The molecule has 22 heavy (non-hydrogen) atoms. The van der Waals surface area contributed by atoms with Gasteiger partial charge in [-0.05, 0) is 91.3 Å². The van der Waals surface area contributed by atoms with Crippen LogP contribution in [0.4, 0.5) is 0 Å². The molecule has 0 aliphatic heterocycles. The van der Waals surface area contributed by atoms with Crippen molar-refractivity contribution in [2.45, 2.75) is 85.5 Å². The van der Waals surface area contributed by atoms with E-state index >= 15 is 0 Å². The number of rotatable bonds is 0. The molecule has 0 spiro atoms. The van der Waals surface area contributed by atoms with Crippen molar-refractivity contribution in [2.75, 3.05) is 0 Å². The van der Waals surface area contributed by atoms with Crippen LogP contribution in [0.15, 0.2) is 12.2 Å². The third kappa shape index (κ3) is 1.76. The lowest BCUT2D eigenvalue weighted by atomic mass is 9.40. The minimum absolute atomic E-state index is 0.493. The van der Waals surface area contributed by atoms with Crippen molar-refractivity contribution >= 4 is 0 Å². The Kier molecular flexibility index (Phi) is 3.22. The summed E-state index contributed by atoms with van der Waals surface area (Å²) < 4.78 is 0. The van der Waals surface area contributed by atoms with Crippen LogP contribution in [0.3, 0.4) is 0 Å². The third-order valence-electron chi connectivity index (χ3n) is 9.57. The predicted octanol–water partition coefficient (Wildman–Crippen LogP) is 6.61. The van der Waals surface area contributed by atoms with Gasteiger partial charge < -0.3 is 0 Å². The first-order valence-electron chi connectivity index (χ1n) is 9.98. The normalized spacial score (nSPS) is 57.9. The molecule has 0 saturated heterocycles. The van der Waals surface area contributed by atoms with Gasteiger partial charge in [0.05, 0.1) is 0 Å². The van der Waals surface area contributed by atoms with Crippen molar-refractivity contribution in [3.63, 3.8) is 0 Å². The zero-order valence-electron chi connectivity index (χ0n) is 15.4. The maximum Gasteiger partial charge on any atom is -0.00879 e. The van der Waals surface area contributed by atoms with E-state index in [9.17, 15) is 0 Å². The number of hydrogen-bond donors (Lipinski definition) is 0. The molecule has 4 aliphatic carbocycles. The molecule has 4 fully saturated rings. The van der Waals surface area contributed by atoms with Gasteiger partial charge in [0.25, 0.3) is 0 Å². The fraction of sp³-hybridized carbons (Fsp3) is 0.909. The molecule has 0 heteroatoms. The van der Waals surface area contributed by atoms with Gasteiger partial charge in [0, 0.05) is 0 Å². The summed E-state index contributed by atoms with van der Waals surface area (Å²) >= 11 is 0. The highest BCUT2D eigenvalue weighted by atomic mass is 14.7. The van der Waals surface area contributed by atoms with E-state index in [1.165, 1.54) is 57.8 Å². The molecular formula is C22H36. The van der Waals surface area contributed by atoms with Gasteiger partial charge in [-0.1, -0.05) is 46.3 Å². The van der Waals surface area contributed by atoms with Gasteiger partial charge in [0.2, 0.25) is 0 Å². The van der Waals surface area contributed by atoms with E-state index in [2.05, 4.69) is 34.3 Å². The topological polar surface area (TPSA) is 0 Å². The lowest BCUT2D eigenvalue weighted by Gasteiger charge is -2.65. The monoisotopic (exact) mass is 300 g/mol. The average Bonchev–Trinajstić information content (AvgIpc) is 2.76. The largest absolute Gasteiger partial charge is 0.0993 e. The number of allylic oxidation sites excluding steroid dienone is 1. The van der Waals surface area contributed by atoms with Crippen LogP contribution >= 0.6 is 0 Å². The highest BCUT2D eigenvalue weighted by Gasteiger charge is 2.61. The van der Waals surface area contributed by atoms with Crippen LogP contribution in [0.5, 0.6) is 0 Å². The van der Waals surface area contributed by atoms with Gasteiger partial charge in [-0.15, -0.1) is 0 Å². The van der Waals surface area contributed by atoms with E-state index in [1.54, 1.807) is 5.57 Å². The molecule has 4 saturated carbocycles. The molecule has 0 radical (unpaired) electrons. The van der Waals surface area contributed by atoms with Crippen molar-refractivity contribution in [2.24, 2.45) is 39.9 Å². The van der Waals surface area contributed by atoms with Crippen molar-refractivity contribution in [1.82, 2.24) is 0 Å². The maximum absolute atomic E-state index is 4.47. The van der Waals surface area contributed by atoms with Crippen LogP contribution in [0, 0.1) is 39.9 Å². The molecule has 0 N–H and O–H groups in total. The Balaban J connectivity index is 1.68. The van der Waals surface area contributed by atoms with E-state index in [-0.39, 0.29) is 0 Å². The fourth-order valence-corrected chi connectivity index (χ4v) is 7.85. The van der Waals surface area contributed by atoms with Gasteiger partial charge in [-0.3, -0.25) is 0 Å². The zero-order valence-corrected chi connectivity index (χ0v) is 15.4. The molecule has 0 aromatic heterocycles. The molecule has 0 aromatic rings. The Labute approximate surface area is 138 Å². The van der Waals surface area contributed by atoms with Crippen LogP contribution in [-0.2, 0) is 0 Å². The van der Waals surface area contributed by atoms with Gasteiger partial charge in [-0.2, -0.15) is 0 Å². The second kappa shape index (κ2) is 4.64. The van der Waals surface area contributed by atoms with Gasteiger partial charge in [0.15, 0.2) is 0 Å². The maximum atomic E-state index is 4.47. The number of hydrogen-bond acceptors (Lipinski definition) is 0. The second-order valence-corrected chi connectivity index (χ2v) is 10.3. The molecule has 0 amide bonds. The van der Waals surface area contributed by atoms with E-state index in [4.69, 9.17) is 0 Å². The Bertz CT molecular complexity index is 490. The molecule has 0 aromatic carbocycles. The predicted molar refractivity (Wildman–Crippen MR) is 94.6 cm³/mol. The smallest absolute Gasteiger partial charge is 0.00879 e. The Morgan fingerprint density at radius 3 is 2.45 bits per heavy atom. The molecule has 124 valence electrons. The van der Waals surface area contributed by atoms with Gasteiger partial charge in [-0.25, -0.2) is 0 Å². The summed E-state index contributed by atoms with van der Waals surface area (Å²) in [6, 6.07) is 0. The summed E-state index contributed by atoms with van der Waals surface area (Å²) in [5.41, 5.74) is 3.32. The molecule has 7 unspecified atom stereocenters. The van der Waals surface area contributed by atoms with E-state index in [1.807, 2.05) is 0 Å². The lowest BCUT2D eigenvalue weighted by Crippen LogP contribution is -2.57. The van der Waals surface area contributed by atoms with Crippen LogP contribution in [0.25, 0.3) is 0 Å². The molecule has 4 aliphatic rings. The van der Waals surface area contributed by atoms with Gasteiger partial charge >= 0.3 is 0 Å². The minimum atomic E-state index is 0.493. The second-order valence-electron chi connectivity index (χ2n) is 10.3. The van der Waals surface area contributed by atoms with Crippen molar-refractivity contribution < 1.29 is 0 Å². The van der Waals surface area contributed by atoms with Crippen molar-refractivity contribution in [1.29, 1.82) is 0 Å². The number of fused-ring (bicyclic) bond motifs is 5. The highest BCUT2D eigenvalue weighted by molar-refractivity contribution is 5.22. The molecule has 0 heterocycles. The summed E-state index contributed by atoms with van der Waals surface area (Å²) in [6.07, 6.45) is 13.1. The van der Waals surface area contributed by atoms with Crippen molar-refractivity contribution in [3.05, 3.63) is 12.2 Å². The SMILES string of the molecule is C=C1CCC2C3CCC4(C)CC(C)CCC4(C)C3CCC12C. The Morgan fingerprint density at radius 2 is 1.68 bits per heavy atom. The average molecular weight is 301 g/mol. The highest BCUT2D eigenvalue weighted by Crippen LogP contribution is 2.70. The standard InChI is InChI=1S/C22H36/c1-15-8-13-22(5)19-10-12-21(4)16(2)6-7-18(21)17(19)9-11-20(22,3)14-15/h15,17-19H,2,6-14H2,1,3-5H3. The third-order valence-corrected chi connectivity index (χ3v) is 9.57. The fourth-order valence-electron chi connectivity index (χ4n) is 7.85. The minimum Gasteiger partial charge on any atom is -0.0993 e. The van der Waals surface area contributed by atoms with Crippen LogP contribution in [-0.4, -0.2) is 0 Å².